The van der Waals surface area contributed by atoms with E-state index in [9.17, 15) is 14.7 Å². The molecule has 0 radical (unpaired) electrons. The van der Waals surface area contributed by atoms with Crippen molar-refractivity contribution in [3.63, 3.8) is 0 Å². The Labute approximate surface area is 202 Å². The largest absolute Gasteiger partial charge is 0.507 e. The third-order valence-corrected chi connectivity index (χ3v) is 6.63. The topological polar surface area (TPSA) is 107 Å². The molecule has 1 aliphatic carbocycles. The molecule has 178 valence electrons. The molecule has 0 saturated heterocycles. The second-order valence-electron chi connectivity index (χ2n) is 8.26. The van der Waals surface area contributed by atoms with Crippen LogP contribution in [0.1, 0.15) is 36.3 Å². The van der Waals surface area contributed by atoms with Crippen LogP contribution in [0, 0.1) is 5.92 Å². The molecule has 1 aromatic heterocycles. The van der Waals surface area contributed by atoms with E-state index in [1.807, 2.05) is 18.2 Å². The molecule has 2 aliphatic rings. The first-order valence-corrected chi connectivity index (χ1v) is 11.2. The van der Waals surface area contributed by atoms with Crippen LogP contribution in [0.4, 0.5) is 0 Å². The minimum atomic E-state index is -1.81. The van der Waals surface area contributed by atoms with Crippen LogP contribution in [0.25, 0.3) is 0 Å². The van der Waals surface area contributed by atoms with Gasteiger partial charge in [0.1, 0.15) is 22.1 Å². The number of Topliss-reactive ketones (excluding diaryl/α,β-unsaturated/α-hetero) is 2. The number of hydrogen-bond donors (Lipinski definition) is 1. The van der Waals surface area contributed by atoms with Crippen LogP contribution >= 0.6 is 11.6 Å². The van der Waals surface area contributed by atoms with E-state index in [-0.39, 0.29) is 45.6 Å². The quantitative estimate of drug-likeness (QED) is 0.612. The van der Waals surface area contributed by atoms with Gasteiger partial charge in [-0.2, -0.15) is 0 Å². The Balaban J connectivity index is 1.77. The minimum absolute atomic E-state index is 0.0106. The minimum Gasteiger partial charge on any atom is -0.507 e. The van der Waals surface area contributed by atoms with Crippen molar-refractivity contribution in [1.82, 2.24) is 4.98 Å². The van der Waals surface area contributed by atoms with E-state index in [0.29, 0.717) is 18.7 Å². The van der Waals surface area contributed by atoms with Crippen LogP contribution in [-0.2, 0) is 11.2 Å². The fourth-order valence-corrected chi connectivity index (χ4v) is 4.76. The first kappa shape index (κ1) is 23.8. The molecule has 0 unspecified atom stereocenters. The van der Waals surface area contributed by atoms with Crippen LogP contribution in [0.3, 0.4) is 0 Å². The van der Waals surface area contributed by atoms with Gasteiger partial charge in [0.15, 0.2) is 17.3 Å². The zero-order valence-corrected chi connectivity index (χ0v) is 20.1. The first-order valence-electron chi connectivity index (χ1n) is 10.8. The number of aliphatic imine (C=N–C) groups is 1. The summed E-state index contributed by atoms with van der Waals surface area (Å²) in [7, 11) is 2.84. The van der Waals surface area contributed by atoms with E-state index in [2.05, 4.69) is 9.98 Å². The lowest BCUT2D eigenvalue weighted by Crippen LogP contribution is -2.53. The number of nitrogens with zero attached hydrogens (tertiary/aromatic N) is 2. The maximum atomic E-state index is 13.7. The molecular weight excluding hydrogens is 460 g/mol. The van der Waals surface area contributed by atoms with Gasteiger partial charge in [0, 0.05) is 49.0 Å². The highest BCUT2D eigenvalue weighted by molar-refractivity contribution is 6.35. The summed E-state index contributed by atoms with van der Waals surface area (Å²) in [6, 6.07) is 7.09. The Morgan fingerprint density at radius 3 is 2.68 bits per heavy atom. The maximum Gasteiger partial charge on any atom is 0.231 e. The number of hydrogen-bond acceptors (Lipinski definition) is 8. The predicted octanol–water partition coefficient (Wildman–Crippen LogP) is 4.19. The number of carbonyl (C=O) groups is 2. The number of rotatable bonds is 6. The van der Waals surface area contributed by atoms with E-state index in [0.717, 1.165) is 5.69 Å². The van der Waals surface area contributed by atoms with Gasteiger partial charge >= 0.3 is 0 Å². The number of carbonyl (C=O) groups excluding carboxylic acids is 2. The molecule has 1 spiro atoms. The number of methoxy groups -OCH3 is 2. The van der Waals surface area contributed by atoms with Gasteiger partial charge in [0.25, 0.3) is 0 Å². The molecule has 2 heterocycles. The van der Waals surface area contributed by atoms with Gasteiger partial charge < -0.3 is 19.3 Å². The summed E-state index contributed by atoms with van der Waals surface area (Å²) in [6.45, 7) is 3.68. The smallest absolute Gasteiger partial charge is 0.231 e. The molecule has 9 heteroatoms. The van der Waals surface area contributed by atoms with Crippen molar-refractivity contribution in [2.45, 2.75) is 32.3 Å². The number of pyridine rings is 1. The summed E-state index contributed by atoms with van der Waals surface area (Å²) in [4.78, 5) is 35.4. The predicted molar refractivity (Wildman–Crippen MR) is 127 cm³/mol. The fraction of sp³-hybridized carbons (Fsp3) is 0.360. The van der Waals surface area contributed by atoms with Gasteiger partial charge in [-0.1, -0.05) is 24.6 Å². The first-order chi connectivity index (χ1) is 16.3. The van der Waals surface area contributed by atoms with E-state index < -0.39 is 23.1 Å². The van der Waals surface area contributed by atoms with Crippen LogP contribution in [-0.4, -0.2) is 53.7 Å². The molecule has 2 atom stereocenters. The molecule has 2 aromatic rings. The number of benzene rings is 1. The highest BCUT2D eigenvalue weighted by atomic mass is 35.5. The summed E-state index contributed by atoms with van der Waals surface area (Å²) >= 11 is 6.45. The van der Waals surface area contributed by atoms with E-state index >= 15 is 0 Å². The number of allylic oxidation sites excluding steroid dienone is 1. The van der Waals surface area contributed by atoms with Crippen molar-refractivity contribution in [3.8, 4) is 17.2 Å². The molecule has 8 nitrogen and oxygen atoms in total. The SMILES string of the molecule is COc1cc(OC)c2c(c1Cl)O[C@]1(C2=O)C(O)=C(C(C)=NCCc2ccccn2)C(=O)C[C@H]1C. The molecule has 0 amide bonds. The second kappa shape index (κ2) is 9.10. The third kappa shape index (κ3) is 3.62. The number of halogens is 1. The normalized spacial score (nSPS) is 22.1. The summed E-state index contributed by atoms with van der Waals surface area (Å²) in [5.41, 5.74) is -0.537. The van der Waals surface area contributed by atoms with E-state index in [4.69, 9.17) is 25.8 Å². The average Bonchev–Trinajstić information content (AvgIpc) is 3.14. The molecular formula is C25H25ClN2O6. The second-order valence-corrected chi connectivity index (χ2v) is 8.63. The molecule has 1 aliphatic heterocycles. The number of ether oxygens (including phenoxy) is 3. The number of aliphatic hydroxyl groups is 1. The van der Waals surface area contributed by atoms with Crippen LogP contribution in [0.5, 0.6) is 17.2 Å². The lowest BCUT2D eigenvalue weighted by Gasteiger charge is -2.37. The Kier molecular flexibility index (Phi) is 6.36. The maximum absolute atomic E-state index is 13.7. The highest BCUT2D eigenvalue weighted by Crippen LogP contribution is 2.54. The lowest BCUT2D eigenvalue weighted by atomic mass is 9.72. The molecule has 1 aromatic carbocycles. The van der Waals surface area contributed by atoms with Crippen molar-refractivity contribution in [2.24, 2.45) is 10.9 Å². The third-order valence-electron chi connectivity index (χ3n) is 6.28. The van der Waals surface area contributed by atoms with Crippen LogP contribution in [0.15, 0.2) is 46.8 Å². The highest BCUT2D eigenvalue weighted by Gasteiger charge is 2.61. The van der Waals surface area contributed by atoms with Crippen LogP contribution < -0.4 is 14.2 Å². The van der Waals surface area contributed by atoms with Crippen molar-refractivity contribution < 1.29 is 28.9 Å². The molecule has 0 saturated carbocycles. The number of aliphatic hydroxyl groups excluding tert-OH is 1. The molecule has 1 N–H and O–H groups in total. The molecule has 0 fully saturated rings. The van der Waals surface area contributed by atoms with Gasteiger partial charge in [-0.25, -0.2) is 0 Å². The number of fused-ring (bicyclic) bond motifs is 1. The van der Waals surface area contributed by atoms with Crippen molar-refractivity contribution in [1.29, 1.82) is 0 Å². The van der Waals surface area contributed by atoms with Crippen molar-refractivity contribution in [2.75, 3.05) is 20.8 Å². The standard InChI is InChI=1S/C25H25ClN2O6/c1-13-11-16(29)19(14(2)27-10-8-15-7-5-6-9-28-15)23(30)25(13)24(31)20-17(32-3)12-18(33-4)21(26)22(20)34-25/h5-7,9,12-13,30H,8,10-11H2,1-4H3/t13-,25+/m1/s1. The number of aromatic nitrogens is 1. The lowest BCUT2D eigenvalue weighted by molar-refractivity contribution is -0.118. The zero-order chi connectivity index (χ0) is 24.6. The Bertz CT molecular complexity index is 1220. The summed E-state index contributed by atoms with van der Waals surface area (Å²) < 4.78 is 16.8. The van der Waals surface area contributed by atoms with Crippen LogP contribution in [0.2, 0.25) is 5.02 Å². The van der Waals surface area contributed by atoms with Gasteiger partial charge in [-0.15, -0.1) is 0 Å². The molecule has 4 rings (SSSR count). The summed E-state index contributed by atoms with van der Waals surface area (Å²) in [5, 5.41) is 11.5. The Hall–Kier alpha value is -3.39. The zero-order valence-electron chi connectivity index (χ0n) is 19.3. The van der Waals surface area contributed by atoms with Gasteiger partial charge in [-0.3, -0.25) is 19.6 Å². The summed E-state index contributed by atoms with van der Waals surface area (Å²) in [6.07, 6.45) is 2.25. The van der Waals surface area contributed by atoms with E-state index in [1.54, 1.807) is 20.0 Å². The van der Waals surface area contributed by atoms with Crippen molar-refractivity contribution >= 4 is 28.9 Å². The molecule has 34 heavy (non-hydrogen) atoms. The average molecular weight is 485 g/mol. The molecule has 0 bridgehead atoms. The monoisotopic (exact) mass is 484 g/mol. The van der Waals surface area contributed by atoms with E-state index in [1.165, 1.54) is 20.3 Å². The van der Waals surface area contributed by atoms with Gasteiger partial charge in [-0.05, 0) is 19.1 Å². The Morgan fingerprint density at radius 2 is 2.03 bits per heavy atom. The summed E-state index contributed by atoms with van der Waals surface area (Å²) in [5.74, 6) is -1.43. The van der Waals surface area contributed by atoms with Crippen molar-refractivity contribution in [3.05, 3.63) is 58.1 Å². The number of ketones is 2. The van der Waals surface area contributed by atoms with Gasteiger partial charge in [0.05, 0.1) is 19.8 Å². The van der Waals surface area contributed by atoms with Gasteiger partial charge in [0.2, 0.25) is 11.4 Å². The fourth-order valence-electron chi connectivity index (χ4n) is 4.49. The Morgan fingerprint density at radius 1 is 1.29 bits per heavy atom.